The molecule has 1 heterocycles. The highest BCUT2D eigenvalue weighted by molar-refractivity contribution is 6.30. The number of halogens is 1. The second-order valence-electron chi connectivity index (χ2n) is 6.25. The number of hydrogen-bond acceptors (Lipinski definition) is 3. The predicted molar refractivity (Wildman–Crippen MR) is 81.5 cm³/mol. The number of carbonyl (C=O) groups is 1. The van der Waals surface area contributed by atoms with Gasteiger partial charge in [-0.15, -0.1) is 0 Å². The maximum atomic E-state index is 12.5. The smallest absolute Gasteiger partial charge is 0.229 e. The highest BCUT2D eigenvalue weighted by Crippen LogP contribution is 2.44. The predicted octanol–water partition coefficient (Wildman–Crippen LogP) is 3.07. The van der Waals surface area contributed by atoms with Crippen LogP contribution in [0.4, 0.5) is 5.82 Å². The van der Waals surface area contributed by atoms with Crippen LogP contribution in [0.2, 0.25) is 5.02 Å². The molecule has 2 rings (SSSR count). The largest absolute Gasteiger partial charge is 0.327 e. The van der Waals surface area contributed by atoms with Crippen LogP contribution < -0.4 is 11.1 Å². The zero-order valence-corrected chi connectivity index (χ0v) is 12.9. The van der Waals surface area contributed by atoms with Gasteiger partial charge < -0.3 is 11.1 Å². The van der Waals surface area contributed by atoms with E-state index in [4.69, 9.17) is 17.3 Å². The first-order chi connectivity index (χ1) is 9.32. The second kappa shape index (κ2) is 5.70. The third-order valence-electron chi connectivity index (χ3n) is 4.80. The average Bonchev–Trinajstić information content (AvgIpc) is 2.38. The van der Waals surface area contributed by atoms with Gasteiger partial charge in [0.1, 0.15) is 5.82 Å². The van der Waals surface area contributed by atoms with Crippen molar-refractivity contribution in [1.82, 2.24) is 4.98 Å². The van der Waals surface area contributed by atoms with Gasteiger partial charge in [0, 0.05) is 18.2 Å². The number of pyridine rings is 1. The van der Waals surface area contributed by atoms with Gasteiger partial charge in [-0.05, 0) is 36.3 Å². The molecule has 1 fully saturated rings. The Bertz CT molecular complexity index is 486. The lowest BCUT2D eigenvalue weighted by atomic mass is 9.61. The fraction of sp³-hybridized carbons (Fsp3) is 0.600. The Hall–Kier alpha value is -1.13. The van der Waals surface area contributed by atoms with Gasteiger partial charge in [-0.1, -0.05) is 32.4 Å². The monoisotopic (exact) mass is 295 g/mol. The fourth-order valence-electron chi connectivity index (χ4n) is 2.98. The summed E-state index contributed by atoms with van der Waals surface area (Å²) in [4.78, 5) is 16.6. The summed E-state index contributed by atoms with van der Waals surface area (Å²) in [5, 5.41) is 3.44. The fourth-order valence-corrected chi connectivity index (χ4v) is 3.09. The average molecular weight is 296 g/mol. The van der Waals surface area contributed by atoms with E-state index in [0.717, 1.165) is 12.8 Å². The molecule has 1 saturated carbocycles. The van der Waals surface area contributed by atoms with Gasteiger partial charge in [-0.2, -0.15) is 0 Å². The van der Waals surface area contributed by atoms with Crippen LogP contribution in [0.5, 0.6) is 0 Å². The highest BCUT2D eigenvalue weighted by atomic mass is 35.5. The number of rotatable bonds is 2. The van der Waals surface area contributed by atoms with Crippen molar-refractivity contribution in [3.05, 3.63) is 23.4 Å². The summed E-state index contributed by atoms with van der Waals surface area (Å²) in [6.07, 6.45) is 3.23. The summed E-state index contributed by atoms with van der Waals surface area (Å²) in [6, 6.07) is 3.60. The van der Waals surface area contributed by atoms with Crippen molar-refractivity contribution in [3.8, 4) is 0 Å². The molecule has 4 nitrogen and oxygen atoms in total. The van der Waals surface area contributed by atoms with Gasteiger partial charge in [0.2, 0.25) is 5.91 Å². The van der Waals surface area contributed by atoms with Gasteiger partial charge in [0.05, 0.1) is 5.02 Å². The summed E-state index contributed by atoms with van der Waals surface area (Å²) >= 11 is 5.79. The van der Waals surface area contributed by atoms with Crippen LogP contribution in [-0.2, 0) is 4.79 Å². The first-order valence-electron chi connectivity index (χ1n) is 7.00. The number of aromatic nitrogens is 1. The van der Waals surface area contributed by atoms with Crippen molar-refractivity contribution in [2.75, 3.05) is 5.32 Å². The van der Waals surface area contributed by atoms with Gasteiger partial charge in [-0.3, -0.25) is 4.79 Å². The topological polar surface area (TPSA) is 68.0 Å². The molecule has 0 bridgehead atoms. The normalized spacial score (nSPS) is 28.9. The SMILES string of the molecule is CC1C(N)CCC(C(=O)Nc2ccc(Cl)cn2)C1(C)C. The van der Waals surface area contributed by atoms with Crippen molar-refractivity contribution in [1.29, 1.82) is 0 Å². The van der Waals surface area contributed by atoms with Crippen molar-refractivity contribution in [3.63, 3.8) is 0 Å². The maximum Gasteiger partial charge on any atom is 0.229 e. The highest BCUT2D eigenvalue weighted by Gasteiger charge is 2.45. The van der Waals surface area contributed by atoms with Crippen molar-refractivity contribution in [2.45, 2.75) is 39.7 Å². The Kier molecular flexibility index (Phi) is 4.35. The molecule has 0 saturated heterocycles. The number of amides is 1. The molecule has 20 heavy (non-hydrogen) atoms. The minimum Gasteiger partial charge on any atom is -0.327 e. The molecule has 0 spiro atoms. The lowest BCUT2D eigenvalue weighted by Gasteiger charge is -2.45. The van der Waals surface area contributed by atoms with Gasteiger partial charge in [0.25, 0.3) is 0 Å². The minimum absolute atomic E-state index is 0.0172. The van der Waals surface area contributed by atoms with E-state index in [1.807, 2.05) is 0 Å². The molecule has 3 unspecified atom stereocenters. The second-order valence-corrected chi connectivity index (χ2v) is 6.69. The van der Waals surface area contributed by atoms with Crippen molar-refractivity contribution < 1.29 is 4.79 Å². The van der Waals surface area contributed by atoms with Crippen LogP contribution in [0.1, 0.15) is 33.6 Å². The number of nitrogens with zero attached hydrogens (tertiary/aromatic N) is 1. The van der Waals surface area contributed by atoms with E-state index in [2.05, 4.69) is 31.1 Å². The van der Waals surface area contributed by atoms with E-state index < -0.39 is 0 Å². The van der Waals surface area contributed by atoms with Crippen molar-refractivity contribution in [2.24, 2.45) is 23.0 Å². The quantitative estimate of drug-likeness (QED) is 0.881. The number of nitrogens with one attached hydrogen (secondary N) is 1. The van der Waals surface area contributed by atoms with Crippen LogP contribution in [0.25, 0.3) is 0 Å². The van der Waals surface area contributed by atoms with E-state index in [1.165, 1.54) is 6.20 Å². The molecular weight excluding hydrogens is 274 g/mol. The van der Waals surface area contributed by atoms with E-state index in [9.17, 15) is 4.79 Å². The maximum absolute atomic E-state index is 12.5. The Morgan fingerprint density at radius 3 is 2.75 bits per heavy atom. The van der Waals surface area contributed by atoms with Crippen molar-refractivity contribution >= 4 is 23.3 Å². The number of nitrogens with two attached hydrogens (primary N) is 1. The first kappa shape index (κ1) is 15.3. The molecule has 1 aliphatic carbocycles. The molecule has 0 aliphatic heterocycles. The van der Waals surface area contributed by atoms with E-state index >= 15 is 0 Å². The van der Waals surface area contributed by atoms with Gasteiger partial charge >= 0.3 is 0 Å². The Labute approximate surface area is 125 Å². The molecule has 110 valence electrons. The number of hydrogen-bond donors (Lipinski definition) is 2. The standard InChI is InChI=1S/C15H22ClN3O/c1-9-12(17)6-5-11(15(9,2)3)14(20)19-13-7-4-10(16)8-18-13/h4,7-9,11-12H,5-6,17H2,1-3H3,(H,18,19,20). The molecule has 3 atom stereocenters. The first-order valence-corrected chi connectivity index (χ1v) is 7.38. The Morgan fingerprint density at radius 1 is 1.45 bits per heavy atom. The lowest BCUT2D eigenvalue weighted by molar-refractivity contribution is -0.127. The van der Waals surface area contributed by atoms with Crippen LogP contribution in [0.3, 0.4) is 0 Å². The third-order valence-corrected chi connectivity index (χ3v) is 5.02. The van der Waals surface area contributed by atoms with Crippen LogP contribution in [0.15, 0.2) is 18.3 Å². The van der Waals surface area contributed by atoms with E-state index in [1.54, 1.807) is 12.1 Å². The summed E-state index contributed by atoms with van der Waals surface area (Å²) < 4.78 is 0. The van der Waals surface area contributed by atoms with Crippen LogP contribution in [-0.4, -0.2) is 16.9 Å². The molecule has 1 aromatic heterocycles. The lowest BCUT2D eigenvalue weighted by Crippen LogP contribution is -2.50. The Morgan fingerprint density at radius 2 is 2.15 bits per heavy atom. The zero-order valence-electron chi connectivity index (χ0n) is 12.2. The molecule has 1 amide bonds. The van der Waals surface area contributed by atoms with E-state index in [0.29, 0.717) is 16.8 Å². The van der Waals surface area contributed by atoms with Crippen LogP contribution >= 0.6 is 11.6 Å². The molecular formula is C15H22ClN3O. The Balaban J connectivity index is 2.10. The molecule has 5 heteroatoms. The molecule has 0 aromatic carbocycles. The molecule has 1 aromatic rings. The summed E-state index contributed by atoms with van der Waals surface area (Å²) in [6.45, 7) is 6.37. The number of anilines is 1. The van der Waals surface area contributed by atoms with E-state index in [-0.39, 0.29) is 23.3 Å². The summed E-state index contributed by atoms with van der Waals surface area (Å²) in [5.41, 5.74) is 6.01. The molecule has 1 aliphatic rings. The number of carbonyl (C=O) groups excluding carboxylic acids is 1. The van der Waals surface area contributed by atoms with Gasteiger partial charge in [-0.25, -0.2) is 4.98 Å². The van der Waals surface area contributed by atoms with Gasteiger partial charge in [0.15, 0.2) is 0 Å². The minimum atomic E-state index is -0.117. The van der Waals surface area contributed by atoms with Crippen LogP contribution in [0, 0.1) is 17.3 Å². The third kappa shape index (κ3) is 2.96. The summed E-state index contributed by atoms with van der Waals surface area (Å²) in [5.74, 6) is 0.821. The molecule has 3 N–H and O–H groups in total. The summed E-state index contributed by atoms with van der Waals surface area (Å²) in [7, 11) is 0. The molecule has 0 radical (unpaired) electrons. The zero-order chi connectivity index (χ0) is 14.9.